The smallest absolute Gasteiger partial charge is 0.217 e. The Bertz CT molecular complexity index is 951. The summed E-state index contributed by atoms with van der Waals surface area (Å²) in [5.74, 6) is 0. The van der Waals surface area contributed by atoms with E-state index in [4.69, 9.17) is 5.73 Å². The summed E-state index contributed by atoms with van der Waals surface area (Å²) in [5.41, 5.74) is 8.22. The van der Waals surface area contributed by atoms with E-state index in [0.717, 1.165) is 34.4 Å². The van der Waals surface area contributed by atoms with Crippen molar-refractivity contribution in [1.29, 1.82) is 0 Å². The summed E-state index contributed by atoms with van der Waals surface area (Å²) >= 11 is 1.11. The lowest BCUT2D eigenvalue weighted by molar-refractivity contribution is 0.598. The Morgan fingerprint density at radius 1 is 1.17 bits per heavy atom. The van der Waals surface area contributed by atoms with Crippen LogP contribution >= 0.6 is 11.3 Å². The maximum atomic E-state index is 12.9. The molecule has 2 aromatic heterocycles. The zero-order valence-electron chi connectivity index (χ0n) is 13.1. The normalized spacial score (nSPS) is 11.6. The maximum absolute atomic E-state index is 12.9. The molecule has 3 rings (SSSR count). The van der Waals surface area contributed by atoms with Crippen LogP contribution in [0.5, 0.6) is 0 Å². The fourth-order valence-electron chi connectivity index (χ4n) is 2.35. The Morgan fingerprint density at radius 3 is 2.62 bits per heavy atom. The molecular formula is C17H17N3O2S2. The number of benzene rings is 1. The van der Waals surface area contributed by atoms with E-state index in [0.29, 0.717) is 5.01 Å². The lowest BCUT2D eigenvalue weighted by Gasteiger charge is -2.09. The molecule has 5 nitrogen and oxygen atoms in total. The Morgan fingerprint density at radius 2 is 2.00 bits per heavy atom. The van der Waals surface area contributed by atoms with Crippen LogP contribution in [0.25, 0.3) is 11.1 Å². The molecule has 1 aromatic carbocycles. The first-order valence-corrected chi connectivity index (χ1v) is 9.78. The lowest BCUT2D eigenvalue weighted by atomic mass is 10.0. The lowest BCUT2D eigenvalue weighted by Crippen LogP contribution is -2.01. The van der Waals surface area contributed by atoms with Gasteiger partial charge in [0.1, 0.15) is 9.22 Å². The van der Waals surface area contributed by atoms with Crippen LogP contribution in [0.2, 0.25) is 0 Å². The molecule has 0 amide bonds. The molecule has 0 aliphatic heterocycles. The van der Waals surface area contributed by atoms with Gasteiger partial charge in [0.05, 0.1) is 11.1 Å². The first-order chi connectivity index (χ1) is 11.5. The number of hydrogen-bond donors (Lipinski definition) is 1. The number of aromatic nitrogens is 2. The van der Waals surface area contributed by atoms with Crippen LogP contribution in [0, 0.1) is 0 Å². The summed E-state index contributed by atoms with van der Waals surface area (Å²) in [6.45, 7) is 2.23. The van der Waals surface area contributed by atoms with Crippen LogP contribution in [0.3, 0.4) is 0 Å². The second kappa shape index (κ2) is 6.80. The van der Waals surface area contributed by atoms with Crippen LogP contribution in [-0.4, -0.2) is 18.4 Å². The van der Waals surface area contributed by atoms with Gasteiger partial charge in [-0.25, -0.2) is 13.4 Å². The molecule has 124 valence electrons. The summed E-state index contributed by atoms with van der Waals surface area (Å²) in [5, 5.41) is 0.604. The Kier molecular flexibility index (Phi) is 4.75. The summed E-state index contributed by atoms with van der Waals surface area (Å²) in [7, 11) is -3.61. The van der Waals surface area contributed by atoms with Gasteiger partial charge in [-0.2, -0.15) is 0 Å². The molecule has 0 bridgehead atoms. The monoisotopic (exact) mass is 359 g/mol. The van der Waals surface area contributed by atoms with E-state index in [1.165, 1.54) is 6.20 Å². The van der Waals surface area contributed by atoms with Crippen LogP contribution < -0.4 is 5.73 Å². The number of pyridine rings is 1. The Labute approximate surface area is 145 Å². The van der Waals surface area contributed by atoms with Gasteiger partial charge in [-0.15, -0.1) is 11.3 Å². The van der Waals surface area contributed by atoms with Gasteiger partial charge in [0.15, 0.2) is 0 Å². The van der Waals surface area contributed by atoms with Gasteiger partial charge < -0.3 is 5.73 Å². The van der Waals surface area contributed by atoms with E-state index in [1.54, 1.807) is 24.5 Å². The number of rotatable bonds is 5. The number of thiazole rings is 1. The average Bonchev–Trinajstić information content (AvgIpc) is 3.12. The second-order valence-electron chi connectivity index (χ2n) is 5.24. The molecule has 0 fully saturated rings. The fraction of sp³-hybridized carbons (Fsp3) is 0.176. The number of nitrogens with two attached hydrogens (primary N) is 1. The first-order valence-electron chi connectivity index (χ1n) is 7.49. The highest BCUT2D eigenvalue weighted by Gasteiger charge is 2.22. The third kappa shape index (κ3) is 3.24. The minimum Gasteiger partial charge on any atom is -0.325 e. The van der Waals surface area contributed by atoms with E-state index < -0.39 is 9.84 Å². The van der Waals surface area contributed by atoms with Crippen molar-refractivity contribution in [2.75, 3.05) is 0 Å². The van der Waals surface area contributed by atoms with Crippen molar-refractivity contribution in [3.8, 4) is 11.1 Å². The predicted molar refractivity (Wildman–Crippen MR) is 94.5 cm³/mol. The first kappa shape index (κ1) is 16.8. The highest BCUT2D eigenvalue weighted by Crippen LogP contribution is 2.30. The number of aryl methyl sites for hydroxylation is 1. The number of sulfone groups is 1. The molecule has 0 spiro atoms. The van der Waals surface area contributed by atoms with Gasteiger partial charge in [-0.3, -0.25) is 4.98 Å². The van der Waals surface area contributed by atoms with Crippen molar-refractivity contribution in [1.82, 2.24) is 9.97 Å². The van der Waals surface area contributed by atoms with Crippen molar-refractivity contribution in [3.05, 3.63) is 59.5 Å². The third-order valence-electron chi connectivity index (χ3n) is 3.65. The molecule has 0 atom stereocenters. The van der Waals surface area contributed by atoms with Crippen molar-refractivity contribution < 1.29 is 8.42 Å². The zero-order chi connectivity index (χ0) is 17.2. The quantitative estimate of drug-likeness (QED) is 0.756. The molecule has 3 aromatic rings. The molecular weight excluding hydrogens is 342 g/mol. The van der Waals surface area contributed by atoms with E-state index in [2.05, 4.69) is 9.97 Å². The average molecular weight is 359 g/mol. The van der Waals surface area contributed by atoms with Crippen LogP contribution in [-0.2, 0) is 22.8 Å². The molecule has 24 heavy (non-hydrogen) atoms. The molecule has 2 heterocycles. The van der Waals surface area contributed by atoms with E-state index in [-0.39, 0.29) is 15.6 Å². The molecule has 0 radical (unpaired) electrons. The Hall–Kier alpha value is -2.09. The summed E-state index contributed by atoms with van der Waals surface area (Å²) in [6.07, 6.45) is 5.54. The molecule has 0 aliphatic rings. The number of hydrogen-bond acceptors (Lipinski definition) is 6. The van der Waals surface area contributed by atoms with Crippen molar-refractivity contribution in [2.24, 2.45) is 5.73 Å². The molecule has 0 saturated carbocycles. The van der Waals surface area contributed by atoms with Crippen LogP contribution in [0.4, 0.5) is 0 Å². The van der Waals surface area contributed by atoms with Gasteiger partial charge in [0, 0.05) is 24.5 Å². The minimum absolute atomic E-state index is 0.216. The highest BCUT2D eigenvalue weighted by molar-refractivity contribution is 7.93. The van der Waals surface area contributed by atoms with Crippen molar-refractivity contribution in [3.63, 3.8) is 0 Å². The molecule has 0 aliphatic carbocycles. The largest absolute Gasteiger partial charge is 0.325 e. The second-order valence-corrected chi connectivity index (χ2v) is 8.53. The van der Waals surface area contributed by atoms with Gasteiger partial charge in [0.25, 0.3) is 0 Å². The zero-order valence-corrected chi connectivity index (χ0v) is 14.8. The van der Waals surface area contributed by atoms with Gasteiger partial charge in [-0.05, 0) is 35.7 Å². The fourth-order valence-corrected chi connectivity index (χ4v) is 4.90. The predicted octanol–water partition coefficient (Wildman–Crippen LogP) is 3.06. The maximum Gasteiger partial charge on any atom is 0.217 e. The standard InChI is InChI=1S/C17H17N3O2S2/c1-2-12-6-14(13-4-3-5-19-10-13)8-15(7-12)24(21,22)17-11-20-16(9-18)23-17/h3-8,10-11H,2,9,18H2,1H3. The number of nitrogens with zero attached hydrogens (tertiary/aromatic N) is 2. The summed E-state index contributed by atoms with van der Waals surface area (Å²) < 4.78 is 26.1. The van der Waals surface area contributed by atoms with Crippen LogP contribution in [0.1, 0.15) is 17.5 Å². The SMILES string of the molecule is CCc1cc(-c2cccnc2)cc(S(=O)(=O)c2cnc(CN)s2)c1. The van der Waals surface area contributed by atoms with Gasteiger partial charge in [0.2, 0.25) is 9.84 Å². The van der Waals surface area contributed by atoms with Crippen molar-refractivity contribution >= 4 is 21.2 Å². The summed E-state index contributed by atoms with van der Waals surface area (Å²) in [4.78, 5) is 8.43. The van der Waals surface area contributed by atoms with E-state index in [9.17, 15) is 8.42 Å². The van der Waals surface area contributed by atoms with Crippen molar-refractivity contribution in [2.45, 2.75) is 29.0 Å². The van der Waals surface area contributed by atoms with E-state index in [1.807, 2.05) is 25.1 Å². The third-order valence-corrected chi connectivity index (χ3v) is 6.87. The summed E-state index contributed by atoms with van der Waals surface area (Å²) in [6, 6.07) is 9.15. The molecule has 0 unspecified atom stereocenters. The van der Waals surface area contributed by atoms with Crippen LogP contribution in [0.15, 0.2) is 58.0 Å². The molecule has 0 saturated heterocycles. The topological polar surface area (TPSA) is 85.9 Å². The highest BCUT2D eigenvalue weighted by atomic mass is 32.2. The molecule has 2 N–H and O–H groups in total. The van der Waals surface area contributed by atoms with Gasteiger partial charge in [-0.1, -0.05) is 19.1 Å². The van der Waals surface area contributed by atoms with E-state index >= 15 is 0 Å². The Balaban J connectivity index is 2.13. The van der Waals surface area contributed by atoms with Gasteiger partial charge >= 0.3 is 0 Å². The minimum atomic E-state index is -3.61. The molecule has 7 heteroatoms.